The Balaban J connectivity index is 1.88. The van der Waals surface area contributed by atoms with E-state index in [4.69, 9.17) is 0 Å². The lowest BCUT2D eigenvalue weighted by atomic mass is 10.2. The minimum atomic E-state index is -0.409. The summed E-state index contributed by atoms with van der Waals surface area (Å²) in [6.45, 7) is 0.363. The van der Waals surface area contributed by atoms with Gasteiger partial charge in [0, 0.05) is 36.9 Å². The van der Waals surface area contributed by atoms with Crippen molar-refractivity contribution in [2.75, 3.05) is 18.5 Å². The van der Waals surface area contributed by atoms with E-state index in [1.807, 2.05) is 24.3 Å². The Hall–Kier alpha value is -2.83. The van der Waals surface area contributed by atoms with Crippen LogP contribution in [0.2, 0.25) is 0 Å². The Morgan fingerprint density at radius 3 is 2.86 bits per heavy atom. The van der Waals surface area contributed by atoms with Gasteiger partial charge in [-0.25, -0.2) is 4.79 Å². The maximum Gasteiger partial charge on any atom is 0.328 e. The van der Waals surface area contributed by atoms with Crippen LogP contribution in [0.25, 0.3) is 10.9 Å². The number of likely N-dealkylation sites (N-methyl/N-ethyl adjacent to an activating group) is 1. The molecule has 1 saturated heterocycles. The number of H-pyrrole nitrogens is 1. The van der Waals surface area contributed by atoms with Gasteiger partial charge in [0.2, 0.25) is 11.8 Å². The number of carbonyl (C=O) groups is 3. The largest absolute Gasteiger partial charge is 0.359 e. The number of hydrogen-bond donors (Lipinski definition) is 3. The van der Waals surface area contributed by atoms with Gasteiger partial charge in [-0.2, -0.15) is 0 Å². The number of imide groups is 1. The lowest BCUT2D eigenvalue weighted by Crippen LogP contribution is -2.49. The molecule has 1 aliphatic heterocycles. The average Bonchev–Trinajstić information content (AvgIpc) is 2.88. The van der Waals surface area contributed by atoms with Crippen LogP contribution in [-0.4, -0.2) is 36.4 Å². The molecule has 0 radical (unpaired) electrons. The Bertz CT molecular complexity index is 765. The number of anilines is 1. The number of aromatic amines is 1. The second-order valence-electron chi connectivity index (χ2n) is 5.17. The molecule has 0 bridgehead atoms. The first-order chi connectivity index (χ1) is 10.6. The quantitative estimate of drug-likeness (QED) is 0.786. The lowest BCUT2D eigenvalue weighted by Gasteiger charge is -2.26. The number of rotatable bonds is 3. The zero-order chi connectivity index (χ0) is 15.7. The van der Waals surface area contributed by atoms with Gasteiger partial charge in [0.1, 0.15) is 0 Å². The first-order valence-electron chi connectivity index (χ1n) is 7.00. The summed E-state index contributed by atoms with van der Waals surface area (Å²) in [7, 11) is 1.60. The number of fused-ring (bicyclic) bond motifs is 1. The predicted molar refractivity (Wildman–Crippen MR) is 81.6 cm³/mol. The van der Waals surface area contributed by atoms with Crippen LogP contribution in [0, 0.1) is 0 Å². The third-order valence-corrected chi connectivity index (χ3v) is 3.66. The summed E-state index contributed by atoms with van der Waals surface area (Å²) in [6, 6.07) is 7.06. The van der Waals surface area contributed by atoms with E-state index in [-0.39, 0.29) is 24.7 Å². The third kappa shape index (κ3) is 2.65. The van der Waals surface area contributed by atoms with Gasteiger partial charge in [-0.05, 0) is 23.6 Å². The summed E-state index contributed by atoms with van der Waals surface area (Å²) < 4.78 is 0. The maximum atomic E-state index is 11.9. The van der Waals surface area contributed by atoms with Gasteiger partial charge in [-0.1, -0.05) is 6.07 Å². The summed E-state index contributed by atoms with van der Waals surface area (Å²) in [4.78, 5) is 39.2. The Labute approximate surface area is 126 Å². The summed E-state index contributed by atoms with van der Waals surface area (Å²) in [5.41, 5.74) is 2.37. The predicted octanol–water partition coefficient (Wildman–Crippen LogP) is 0.903. The van der Waals surface area contributed by atoms with Crippen molar-refractivity contribution in [3.63, 3.8) is 0 Å². The highest BCUT2D eigenvalue weighted by Gasteiger charge is 2.24. The lowest BCUT2D eigenvalue weighted by molar-refractivity contribution is -0.121. The van der Waals surface area contributed by atoms with E-state index in [1.165, 1.54) is 4.90 Å². The molecule has 7 heteroatoms. The smallest absolute Gasteiger partial charge is 0.328 e. The number of aromatic nitrogens is 1. The fraction of sp³-hybridized carbons (Fsp3) is 0.267. The van der Waals surface area contributed by atoms with Gasteiger partial charge in [0.15, 0.2) is 0 Å². The van der Waals surface area contributed by atoms with Crippen molar-refractivity contribution >= 4 is 34.4 Å². The molecule has 0 saturated carbocycles. The molecule has 114 valence electrons. The molecule has 22 heavy (non-hydrogen) atoms. The summed E-state index contributed by atoms with van der Waals surface area (Å²) >= 11 is 0. The number of benzene rings is 1. The number of nitrogens with zero attached hydrogens (tertiary/aromatic N) is 1. The van der Waals surface area contributed by atoms with Crippen LogP contribution in [-0.2, 0) is 16.0 Å². The van der Waals surface area contributed by atoms with E-state index >= 15 is 0 Å². The molecule has 1 aromatic carbocycles. The Kier molecular flexibility index (Phi) is 3.54. The topological polar surface area (TPSA) is 94.3 Å². The van der Waals surface area contributed by atoms with Crippen LogP contribution in [0.15, 0.2) is 24.3 Å². The van der Waals surface area contributed by atoms with Gasteiger partial charge < -0.3 is 10.3 Å². The van der Waals surface area contributed by atoms with Crippen LogP contribution in [0.4, 0.5) is 10.5 Å². The molecule has 0 aliphatic carbocycles. The fourth-order valence-corrected chi connectivity index (χ4v) is 2.51. The SMILES string of the molecule is CNC(=O)Cc1cc2ccc(N3CCC(=O)NC3=O)cc2[nH]1. The molecule has 1 aliphatic rings. The van der Waals surface area contributed by atoms with Crippen LogP contribution in [0.3, 0.4) is 0 Å². The van der Waals surface area contributed by atoms with E-state index in [0.29, 0.717) is 12.2 Å². The summed E-state index contributed by atoms with van der Waals surface area (Å²) in [5.74, 6) is -0.323. The first kappa shape index (κ1) is 14.1. The van der Waals surface area contributed by atoms with Crippen LogP contribution < -0.4 is 15.5 Å². The summed E-state index contributed by atoms with van der Waals surface area (Å²) in [6.07, 6.45) is 0.565. The van der Waals surface area contributed by atoms with Crippen LogP contribution in [0.5, 0.6) is 0 Å². The molecule has 3 N–H and O–H groups in total. The average molecular weight is 300 g/mol. The van der Waals surface area contributed by atoms with Crippen LogP contribution >= 0.6 is 0 Å². The van der Waals surface area contributed by atoms with Crippen molar-refractivity contribution < 1.29 is 14.4 Å². The molecular formula is C15H16N4O3. The van der Waals surface area contributed by atoms with E-state index in [0.717, 1.165) is 16.6 Å². The molecular weight excluding hydrogens is 284 g/mol. The molecule has 2 aromatic rings. The van der Waals surface area contributed by atoms with Crippen molar-refractivity contribution in [3.05, 3.63) is 30.0 Å². The highest BCUT2D eigenvalue weighted by atomic mass is 16.2. The van der Waals surface area contributed by atoms with Crippen molar-refractivity contribution in [1.29, 1.82) is 0 Å². The molecule has 1 aromatic heterocycles. The van der Waals surface area contributed by atoms with Crippen molar-refractivity contribution in [2.45, 2.75) is 12.8 Å². The van der Waals surface area contributed by atoms with E-state index in [2.05, 4.69) is 15.6 Å². The molecule has 0 spiro atoms. The Morgan fingerprint density at radius 2 is 2.14 bits per heavy atom. The number of urea groups is 1. The molecule has 0 atom stereocenters. The number of carbonyl (C=O) groups excluding carboxylic acids is 3. The molecule has 3 rings (SSSR count). The van der Waals surface area contributed by atoms with Gasteiger partial charge in [-0.3, -0.25) is 19.8 Å². The molecule has 2 heterocycles. The third-order valence-electron chi connectivity index (χ3n) is 3.66. The molecule has 1 fully saturated rings. The number of amides is 4. The van der Waals surface area contributed by atoms with Gasteiger partial charge in [0.25, 0.3) is 0 Å². The number of nitrogens with one attached hydrogen (secondary N) is 3. The van der Waals surface area contributed by atoms with Crippen molar-refractivity contribution in [3.8, 4) is 0 Å². The molecule has 0 unspecified atom stereocenters. The standard InChI is InChI=1S/C15H16N4O3/c1-16-14(21)7-10-6-9-2-3-11(8-12(9)17-10)19-5-4-13(20)18-15(19)22/h2-3,6,8,17H,4-5,7H2,1H3,(H,16,21)(H,18,20,22). The van der Waals surface area contributed by atoms with Gasteiger partial charge in [-0.15, -0.1) is 0 Å². The maximum absolute atomic E-state index is 11.9. The number of hydrogen-bond acceptors (Lipinski definition) is 3. The second kappa shape index (κ2) is 5.51. The minimum absolute atomic E-state index is 0.0688. The van der Waals surface area contributed by atoms with E-state index in [9.17, 15) is 14.4 Å². The highest BCUT2D eigenvalue weighted by Crippen LogP contribution is 2.24. The minimum Gasteiger partial charge on any atom is -0.359 e. The molecule has 4 amide bonds. The van der Waals surface area contributed by atoms with E-state index < -0.39 is 6.03 Å². The second-order valence-corrected chi connectivity index (χ2v) is 5.17. The van der Waals surface area contributed by atoms with Gasteiger partial charge >= 0.3 is 6.03 Å². The zero-order valence-electron chi connectivity index (χ0n) is 12.1. The Morgan fingerprint density at radius 1 is 1.32 bits per heavy atom. The molecule has 7 nitrogen and oxygen atoms in total. The monoisotopic (exact) mass is 300 g/mol. The van der Waals surface area contributed by atoms with E-state index in [1.54, 1.807) is 7.05 Å². The highest BCUT2D eigenvalue weighted by molar-refractivity contribution is 6.06. The summed E-state index contributed by atoms with van der Waals surface area (Å²) in [5, 5.41) is 5.85. The normalized spacial score (nSPS) is 15.0. The van der Waals surface area contributed by atoms with Gasteiger partial charge in [0.05, 0.1) is 6.42 Å². The zero-order valence-corrected chi connectivity index (χ0v) is 12.1. The van der Waals surface area contributed by atoms with Crippen LogP contribution in [0.1, 0.15) is 12.1 Å². The fourth-order valence-electron chi connectivity index (χ4n) is 2.51. The first-order valence-corrected chi connectivity index (χ1v) is 7.00. The van der Waals surface area contributed by atoms with Crippen molar-refractivity contribution in [1.82, 2.24) is 15.6 Å². The van der Waals surface area contributed by atoms with Crippen molar-refractivity contribution in [2.24, 2.45) is 0 Å².